The van der Waals surface area contributed by atoms with Crippen LogP contribution in [0.15, 0.2) is 17.4 Å². The lowest BCUT2D eigenvalue weighted by molar-refractivity contribution is 0.750. The van der Waals surface area contributed by atoms with Gasteiger partial charge in [0.15, 0.2) is 0 Å². The second-order valence-corrected chi connectivity index (χ2v) is 1.20. The van der Waals surface area contributed by atoms with Gasteiger partial charge in [-0.05, 0) is 0 Å². The second-order valence-electron chi connectivity index (χ2n) is 1.20. The fourth-order valence-electron chi connectivity index (χ4n) is 0.360. The number of halogens is 1. The van der Waals surface area contributed by atoms with Crippen molar-refractivity contribution < 1.29 is 4.39 Å². The summed E-state index contributed by atoms with van der Waals surface area (Å²) in [6.07, 6.45) is 2.99. The highest BCUT2D eigenvalue weighted by molar-refractivity contribution is 5.78. The number of rotatable bonds is 0. The molecule has 0 unspecified atom stereocenters. The Morgan fingerprint density at radius 3 is 3.00 bits per heavy atom. The summed E-state index contributed by atoms with van der Waals surface area (Å²) in [5.74, 6) is -0.359. The maximum absolute atomic E-state index is 11.8. The molecule has 3 heteroatoms. The molecule has 1 rings (SSSR count). The summed E-state index contributed by atoms with van der Waals surface area (Å²) in [7, 11) is 0. The minimum atomic E-state index is -0.359. The summed E-state index contributed by atoms with van der Waals surface area (Å²) in [5, 5.41) is 2.65. The first kappa shape index (κ1) is 4.30. The normalized spacial score (nSPS) is 18.1. The molecule has 1 heterocycles. The summed E-state index contributed by atoms with van der Waals surface area (Å²) < 4.78 is 11.8. The molecule has 0 bridgehead atoms. The minimum absolute atomic E-state index is 0.233. The van der Waals surface area contributed by atoms with Crippen molar-refractivity contribution in [3.63, 3.8) is 0 Å². The summed E-state index contributed by atoms with van der Waals surface area (Å²) in [6.45, 7) is 0.233. The zero-order valence-electron chi connectivity index (χ0n) is 3.69. The first-order valence-electron chi connectivity index (χ1n) is 2.00. The zero-order valence-corrected chi connectivity index (χ0v) is 3.69. The zero-order chi connectivity index (χ0) is 5.11. The van der Waals surface area contributed by atoms with Crippen molar-refractivity contribution in [1.82, 2.24) is 5.32 Å². The van der Waals surface area contributed by atoms with E-state index in [0.717, 1.165) is 0 Å². The molecule has 0 atom stereocenters. The molecule has 0 aromatic carbocycles. The number of nitrogens with zero attached hydrogens (tertiary/aromatic N) is 1. The van der Waals surface area contributed by atoms with Gasteiger partial charge in [0.05, 0.1) is 6.54 Å². The third-order valence-corrected chi connectivity index (χ3v) is 0.655. The van der Waals surface area contributed by atoms with Crippen LogP contribution in [0.1, 0.15) is 0 Å². The molecule has 1 N–H and O–H groups in total. The summed E-state index contributed by atoms with van der Waals surface area (Å²) in [5.41, 5.74) is 0. The van der Waals surface area contributed by atoms with Gasteiger partial charge in [0, 0.05) is 12.4 Å². The van der Waals surface area contributed by atoms with E-state index < -0.39 is 0 Å². The molecule has 1 aliphatic rings. The molecule has 0 fully saturated rings. The SMILES string of the molecule is FC1=NC=CNC1. The van der Waals surface area contributed by atoms with E-state index in [9.17, 15) is 4.39 Å². The molecule has 7 heavy (non-hydrogen) atoms. The van der Waals surface area contributed by atoms with Gasteiger partial charge in [-0.3, -0.25) is 0 Å². The Kier molecular flexibility index (Phi) is 1.06. The smallest absolute Gasteiger partial charge is 0.208 e. The van der Waals surface area contributed by atoms with Gasteiger partial charge in [-0.15, -0.1) is 0 Å². The molecule has 38 valence electrons. The monoisotopic (exact) mass is 100 g/mol. The molecule has 2 nitrogen and oxygen atoms in total. The van der Waals surface area contributed by atoms with Crippen LogP contribution < -0.4 is 5.32 Å². The van der Waals surface area contributed by atoms with E-state index in [1.807, 2.05) is 0 Å². The molecule has 0 aliphatic carbocycles. The molecule has 0 spiro atoms. The van der Waals surface area contributed by atoms with Gasteiger partial charge in [-0.1, -0.05) is 0 Å². The lowest BCUT2D eigenvalue weighted by Crippen LogP contribution is -2.16. The third-order valence-electron chi connectivity index (χ3n) is 0.655. The third kappa shape index (κ3) is 0.994. The quantitative estimate of drug-likeness (QED) is 0.469. The Labute approximate surface area is 40.7 Å². The van der Waals surface area contributed by atoms with Gasteiger partial charge in [0.2, 0.25) is 5.97 Å². The van der Waals surface area contributed by atoms with Crippen molar-refractivity contribution in [2.75, 3.05) is 6.54 Å². The van der Waals surface area contributed by atoms with E-state index in [2.05, 4.69) is 10.3 Å². The summed E-state index contributed by atoms with van der Waals surface area (Å²) in [6, 6.07) is 0. The molecule has 1 aliphatic heterocycles. The molecule has 0 saturated carbocycles. The average molecular weight is 100 g/mol. The fourth-order valence-corrected chi connectivity index (χ4v) is 0.360. The van der Waals surface area contributed by atoms with Gasteiger partial charge in [-0.2, -0.15) is 4.39 Å². The first-order valence-corrected chi connectivity index (χ1v) is 2.00. The summed E-state index contributed by atoms with van der Waals surface area (Å²) in [4.78, 5) is 3.34. The fraction of sp³-hybridized carbons (Fsp3) is 0.250. The number of aliphatic imine (C=N–C) groups is 1. The Hall–Kier alpha value is -0.860. The molecular weight excluding hydrogens is 95.1 g/mol. The lowest BCUT2D eigenvalue weighted by Gasteiger charge is -1.98. The topological polar surface area (TPSA) is 24.4 Å². The van der Waals surface area contributed by atoms with Gasteiger partial charge in [0.25, 0.3) is 0 Å². The Morgan fingerprint density at radius 2 is 2.71 bits per heavy atom. The Bertz CT molecular complexity index is 117. The van der Waals surface area contributed by atoms with Crippen molar-refractivity contribution in [1.29, 1.82) is 0 Å². The Balaban J connectivity index is 2.57. The highest BCUT2D eigenvalue weighted by Gasteiger charge is 1.93. The molecule has 0 saturated heterocycles. The molecule has 0 amide bonds. The lowest BCUT2D eigenvalue weighted by atomic mass is 10.6. The first-order chi connectivity index (χ1) is 3.39. The van der Waals surface area contributed by atoms with Crippen molar-refractivity contribution in [2.45, 2.75) is 0 Å². The van der Waals surface area contributed by atoms with E-state index in [1.54, 1.807) is 6.20 Å². The van der Waals surface area contributed by atoms with Crippen LogP contribution >= 0.6 is 0 Å². The molecular formula is C4H5FN2. The van der Waals surface area contributed by atoms with E-state index >= 15 is 0 Å². The second kappa shape index (κ2) is 1.73. The van der Waals surface area contributed by atoms with Gasteiger partial charge >= 0.3 is 0 Å². The van der Waals surface area contributed by atoms with Crippen LogP contribution in [-0.4, -0.2) is 12.5 Å². The maximum Gasteiger partial charge on any atom is 0.208 e. The summed E-state index contributed by atoms with van der Waals surface area (Å²) >= 11 is 0. The number of hydrogen-bond donors (Lipinski definition) is 1. The van der Waals surface area contributed by atoms with Gasteiger partial charge in [0.1, 0.15) is 0 Å². The highest BCUT2D eigenvalue weighted by atomic mass is 19.1. The predicted octanol–water partition coefficient (Wildman–Crippen LogP) is 0.429. The standard InChI is InChI=1S/C4H5FN2/c5-4-3-6-1-2-7-4/h1-2,6H,3H2. The van der Waals surface area contributed by atoms with E-state index in [-0.39, 0.29) is 12.5 Å². The minimum Gasteiger partial charge on any atom is -0.382 e. The molecule has 0 radical (unpaired) electrons. The van der Waals surface area contributed by atoms with Crippen LogP contribution in [0, 0.1) is 0 Å². The predicted molar refractivity (Wildman–Crippen MR) is 25.7 cm³/mol. The average Bonchev–Trinajstić information content (AvgIpc) is 1.69. The van der Waals surface area contributed by atoms with Crippen LogP contribution in [0.25, 0.3) is 0 Å². The maximum atomic E-state index is 11.8. The van der Waals surface area contributed by atoms with Crippen molar-refractivity contribution in [2.24, 2.45) is 4.99 Å². The highest BCUT2D eigenvalue weighted by Crippen LogP contribution is 1.85. The van der Waals surface area contributed by atoms with Gasteiger partial charge < -0.3 is 5.32 Å². The van der Waals surface area contributed by atoms with Crippen LogP contribution in [0.3, 0.4) is 0 Å². The number of hydrogen-bond acceptors (Lipinski definition) is 2. The van der Waals surface area contributed by atoms with Crippen molar-refractivity contribution in [3.8, 4) is 0 Å². The van der Waals surface area contributed by atoms with E-state index in [0.29, 0.717) is 0 Å². The van der Waals surface area contributed by atoms with E-state index in [4.69, 9.17) is 0 Å². The van der Waals surface area contributed by atoms with Crippen molar-refractivity contribution >= 4 is 5.97 Å². The van der Waals surface area contributed by atoms with Crippen LogP contribution in [-0.2, 0) is 0 Å². The van der Waals surface area contributed by atoms with Gasteiger partial charge in [-0.25, -0.2) is 4.99 Å². The largest absolute Gasteiger partial charge is 0.382 e. The van der Waals surface area contributed by atoms with Crippen LogP contribution in [0.5, 0.6) is 0 Å². The molecule has 0 aromatic heterocycles. The Morgan fingerprint density at radius 1 is 1.86 bits per heavy atom. The number of nitrogens with one attached hydrogen (secondary N) is 1. The van der Waals surface area contributed by atoms with Crippen LogP contribution in [0.4, 0.5) is 4.39 Å². The van der Waals surface area contributed by atoms with E-state index in [1.165, 1.54) is 6.20 Å². The molecule has 0 aromatic rings. The van der Waals surface area contributed by atoms with Crippen LogP contribution in [0.2, 0.25) is 0 Å². The van der Waals surface area contributed by atoms with Crippen molar-refractivity contribution in [3.05, 3.63) is 12.4 Å².